The molecule has 6 heteroatoms. The lowest BCUT2D eigenvalue weighted by atomic mass is 10.2. The van der Waals surface area contributed by atoms with Gasteiger partial charge in [-0.15, -0.1) is 0 Å². The third kappa shape index (κ3) is 4.23. The van der Waals surface area contributed by atoms with Crippen LogP contribution in [0.4, 0.5) is 5.69 Å². The van der Waals surface area contributed by atoms with Crippen molar-refractivity contribution in [3.05, 3.63) is 63.1 Å². The van der Waals surface area contributed by atoms with Gasteiger partial charge in [-0.3, -0.25) is 0 Å². The normalized spacial score (nSPS) is 11.5. The molecule has 2 rings (SSSR count). The molecule has 0 saturated carbocycles. The van der Waals surface area contributed by atoms with E-state index in [-0.39, 0.29) is 11.5 Å². The van der Waals surface area contributed by atoms with E-state index in [1.54, 1.807) is 42.5 Å². The second-order valence-corrected chi connectivity index (χ2v) is 7.92. The maximum atomic E-state index is 12.2. The minimum atomic E-state index is -3.27. The lowest BCUT2D eigenvalue weighted by molar-refractivity contribution is 0.594. The molecule has 20 heavy (non-hydrogen) atoms. The molecule has 0 heterocycles. The van der Waals surface area contributed by atoms with Crippen molar-refractivity contribution in [2.45, 2.75) is 11.5 Å². The van der Waals surface area contributed by atoms with Crippen LogP contribution in [0.15, 0.2) is 46.9 Å². The van der Waals surface area contributed by atoms with E-state index in [9.17, 15) is 8.42 Å². The second kappa shape index (κ2) is 6.16. The van der Waals surface area contributed by atoms with Crippen molar-refractivity contribution < 1.29 is 8.42 Å². The number of nitrogen functional groups attached to an aromatic ring is 1. The first-order valence-corrected chi connectivity index (χ1v) is 8.84. The van der Waals surface area contributed by atoms with E-state index in [0.29, 0.717) is 21.8 Å². The maximum Gasteiger partial charge on any atom is 0.158 e. The van der Waals surface area contributed by atoms with Crippen molar-refractivity contribution in [1.82, 2.24) is 0 Å². The molecule has 2 aromatic carbocycles. The number of nitrogens with two attached hydrogens (primary N) is 1. The Hall–Kier alpha value is -1.04. The van der Waals surface area contributed by atoms with E-state index in [1.165, 1.54) is 0 Å². The summed E-state index contributed by atoms with van der Waals surface area (Å²) in [6.07, 6.45) is 0. The molecule has 0 atom stereocenters. The fraction of sp³-hybridized carbons (Fsp3) is 0.143. The Bertz CT molecular complexity index is 714. The number of benzene rings is 2. The summed E-state index contributed by atoms with van der Waals surface area (Å²) in [5.41, 5.74) is 7.63. The summed E-state index contributed by atoms with van der Waals surface area (Å²) in [6, 6.07) is 12.0. The predicted molar refractivity (Wildman–Crippen MR) is 86.3 cm³/mol. The molecule has 3 nitrogen and oxygen atoms in total. The topological polar surface area (TPSA) is 60.2 Å². The van der Waals surface area contributed by atoms with E-state index in [2.05, 4.69) is 15.9 Å². The van der Waals surface area contributed by atoms with E-state index >= 15 is 0 Å². The Morgan fingerprint density at radius 3 is 2.30 bits per heavy atom. The number of hydrogen-bond donors (Lipinski definition) is 1. The largest absolute Gasteiger partial charge is 0.398 e. The van der Waals surface area contributed by atoms with Crippen molar-refractivity contribution >= 4 is 43.1 Å². The van der Waals surface area contributed by atoms with Gasteiger partial charge in [-0.25, -0.2) is 8.42 Å². The molecule has 106 valence electrons. The summed E-state index contributed by atoms with van der Waals surface area (Å²) >= 11 is 9.07. The van der Waals surface area contributed by atoms with Crippen LogP contribution in [-0.4, -0.2) is 8.42 Å². The van der Waals surface area contributed by atoms with Crippen LogP contribution < -0.4 is 5.73 Å². The monoisotopic (exact) mass is 373 g/mol. The Labute approximate surface area is 131 Å². The number of hydrogen-bond acceptors (Lipinski definition) is 3. The summed E-state index contributed by atoms with van der Waals surface area (Å²) in [5.74, 6) is -0.103. The lowest BCUT2D eigenvalue weighted by Gasteiger charge is -2.08. The average Bonchev–Trinajstić information content (AvgIpc) is 2.35. The summed E-state index contributed by atoms with van der Waals surface area (Å²) < 4.78 is 25.2. The Balaban J connectivity index is 2.17. The van der Waals surface area contributed by atoms with E-state index in [0.717, 1.165) is 4.47 Å². The van der Waals surface area contributed by atoms with E-state index < -0.39 is 9.84 Å². The molecule has 2 aromatic rings. The van der Waals surface area contributed by atoms with Crippen molar-refractivity contribution in [2.75, 3.05) is 5.73 Å². The lowest BCUT2D eigenvalue weighted by Crippen LogP contribution is -2.09. The van der Waals surface area contributed by atoms with Gasteiger partial charge < -0.3 is 5.73 Å². The van der Waals surface area contributed by atoms with Crippen LogP contribution in [0.25, 0.3) is 0 Å². The first-order chi connectivity index (χ1) is 9.35. The fourth-order valence-electron chi connectivity index (χ4n) is 1.82. The van der Waals surface area contributed by atoms with Crippen LogP contribution in [0.5, 0.6) is 0 Å². The molecule has 0 unspecified atom stereocenters. The average molecular weight is 375 g/mol. The van der Waals surface area contributed by atoms with Gasteiger partial charge >= 0.3 is 0 Å². The molecule has 2 N–H and O–H groups in total. The van der Waals surface area contributed by atoms with Crippen molar-refractivity contribution in [1.29, 1.82) is 0 Å². The standard InChI is InChI=1S/C14H13BrClNO2S/c15-12-4-3-11(14(17)7-12)9-20(18,19)8-10-1-5-13(16)6-2-10/h1-7H,8-9,17H2. The highest BCUT2D eigenvalue weighted by atomic mass is 79.9. The second-order valence-electron chi connectivity index (χ2n) is 4.50. The van der Waals surface area contributed by atoms with Crippen LogP contribution in [-0.2, 0) is 21.3 Å². The van der Waals surface area contributed by atoms with Crippen LogP contribution in [0.3, 0.4) is 0 Å². The minimum absolute atomic E-state index is 0.0281. The summed E-state index contributed by atoms with van der Waals surface area (Å²) in [7, 11) is -3.27. The quantitative estimate of drug-likeness (QED) is 0.828. The zero-order valence-corrected chi connectivity index (χ0v) is 13.7. The predicted octanol–water partition coefficient (Wildman–Crippen LogP) is 3.80. The zero-order valence-electron chi connectivity index (χ0n) is 10.5. The molecular formula is C14H13BrClNO2S. The van der Waals surface area contributed by atoms with Crippen LogP contribution >= 0.6 is 27.5 Å². The van der Waals surface area contributed by atoms with Crippen molar-refractivity contribution in [2.24, 2.45) is 0 Å². The Morgan fingerprint density at radius 2 is 1.70 bits per heavy atom. The third-order valence-corrected chi connectivity index (χ3v) is 5.05. The van der Waals surface area contributed by atoms with Gasteiger partial charge in [0.15, 0.2) is 9.84 Å². The van der Waals surface area contributed by atoms with Gasteiger partial charge in [-0.2, -0.15) is 0 Å². The van der Waals surface area contributed by atoms with Gasteiger partial charge in [0.05, 0.1) is 11.5 Å². The highest BCUT2D eigenvalue weighted by Gasteiger charge is 2.15. The molecule has 0 spiro atoms. The number of rotatable bonds is 4. The number of sulfone groups is 1. The first-order valence-electron chi connectivity index (χ1n) is 5.84. The van der Waals surface area contributed by atoms with E-state index in [4.69, 9.17) is 17.3 Å². The minimum Gasteiger partial charge on any atom is -0.398 e. The van der Waals surface area contributed by atoms with Gasteiger partial charge in [-0.05, 0) is 35.4 Å². The zero-order chi connectivity index (χ0) is 14.8. The van der Waals surface area contributed by atoms with Gasteiger partial charge in [0.25, 0.3) is 0 Å². The number of anilines is 1. The smallest absolute Gasteiger partial charge is 0.158 e. The molecule has 0 aliphatic rings. The summed E-state index contributed by atoms with van der Waals surface area (Å²) in [4.78, 5) is 0. The van der Waals surface area contributed by atoms with Gasteiger partial charge in [0, 0.05) is 15.2 Å². The third-order valence-electron chi connectivity index (χ3n) is 2.78. The first kappa shape index (κ1) is 15.4. The molecule has 0 fully saturated rings. The molecule has 0 aromatic heterocycles. The van der Waals surface area contributed by atoms with E-state index in [1.807, 2.05) is 0 Å². The summed E-state index contributed by atoms with van der Waals surface area (Å²) in [5, 5.41) is 0.586. The molecule has 0 bridgehead atoms. The molecule has 0 aliphatic heterocycles. The molecule has 0 radical (unpaired) electrons. The highest BCUT2D eigenvalue weighted by molar-refractivity contribution is 9.10. The maximum absolute atomic E-state index is 12.2. The molecule has 0 amide bonds. The SMILES string of the molecule is Nc1cc(Br)ccc1CS(=O)(=O)Cc1ccc(Cl)cc1. The molecular weight excluding hydrogens is 362 g/mol. The molecule has 0 saturated heterocycles. The summed E-state index contributed by atoms with van der Waals surface area (Å²) in [6.45, 7) is 0. The van der Waals surface area contributed by atoms with Crippen molar-refractivity contribution in [3.8, 4) is 0 Å². The van der Waals surface area contributed by atoms with Crippen molar-refractivity contribution in [3.63, 3.8) is 0 Å². The number of halogens is 2. The highest BCUT2D eigenvalue weighted by Crippen LogP contribution is 2.22. The van der Waals surface area contributed by atoms with Crippen LogP contribution in [0.2, 0.25) is 5.02 Å². The van der Waals surface area contributed by atoms with Crippen LogP contribution in [0, 0.1) is 0 Å². The Kier molecular flexibility index (Phi) is 4.73. The van der Waals surface area contributed by atoms with Gasteiger partial charge in [0.2, 0.25) is 0 Å². The van der Waals surface area contributed by atoms with Gasteiger partial charge in [0.1, 0.15) is 0 Å². The van der Waals surface area contributed by atoms with Gasteiger partial charge in [-0.1, -0.05) is 45.7 Å². The van der Waals surface area contributed by atoms with Crippen LogP contribution in [0.1, 0.15) is 11.1 Å². The Morgan fingerprint density at radius 1 is 1.05 bits per heavy atom. The fourth-order valence-corrected chi connectivity index (χ4v) is 3.86. The molecule has 0 aliphatic carbocycles.